The number of benzene rings is 1. The average Bonchev–Trinajstić information content (AvgIpc) is 2.80. The number of carbonyl (C=O) groups excluding carboxylic acids is 1. The number of pyridine rings is 1. The highest BCUT2D eigenvalue weighted by Crippen LogP contribution is 2.48. The number of hydrogen-bond acceptors (Lipinski definition) is 5. The van der Waals surface area contributed by atoms with E-state index in [1.54, 1.807) is 0 Å². The quantitative estimate of drug-likeness (QED) is 0.390. The van der Waals surface area contributed by atoms with Gasteiger partial charge in [0.1, 0.15) is 11.4 Å². The number of aliphatic hydroxyl groups excluding tert-OH is 1. The van der Waals surface area contributed by atoms with Gasteiger partial charge in [-0.2, -0.15) is 13.2 Å². The van der Waals surface area contributed by atoms with Crippen molar-refractivity contribution in [3.05, 3.63) is 58.5 Å². The Morgan fingerprint density at radius 1 is 1.21 bits per heavy atom. The lowest BCUT2D eigenvalue weighted by atomic mass is 9.73. The monoisotopic (exact) mass is 551 g/mol. The fourth-order valence-corrected chi connectivity index (χ4v) is 5.47. The Balaban J connectivity index is 1.52. The fourth-order valence-electron chi connectivity index (χ4n) is 5.47. The first-order valence-electron chi connectivity index (χ1n) is 13.4. The summed E-state index contributed by atoms with van der Waals surface area (Å²) in [6, 6.07) is 3.76. The van der Waals surface area contributed by atoms with Gasteiger partial charge in [-0.3, -0.25) is 4.79 Å². The van der Waals surface area contributed by atoms with Crippen molar-refractivity contribution < 1.29 is 32.2 Å². The molecule has 214 valence electrons. The van der Waals surface area contributed by atoms with Gasteiger partial charge in [-0.1, -0.05) is 26.8 Å². The van der Waals surface area contributed by atoms with Gasteiger partial charge >= 0.3 is 6.18 Å². The van der Waals surface area contributed by atoms with Gasteiger partial charge in [-0.25, -0.2) is 9.37 Å². The average molecular weight is 552 g/mol. The molecule has 2 heterocycles. The summed E-state index contributed by atoms with van der Waals surface area (Å²) in [5.41, 5.74) is 0.533. The molecule has 3 N–H and O–H groups in total. The van der Waals surface area contributed by atoms with Crippen LogP contribution in [0.3, 0.4) is 0 Å². The minimum Gasteiger partial charge on any atom is -0.471 e. The number of aromatic nitrogens is 1. The fraction of sp³-hybridized carbons (Fsp3) is 0.586. The number of alkyl halides is 3. The number of fused-ring (bicyclic) bond motifs is 1. The molecule has 2 aromatic rings. The van der Waals surface area contributed by atoms with Crippen LogP contribution in [0.4, 0.5) is 17.6 Å². The normalized spacial score (nSPS) is 20.0. The van der Waals surface area contributed by atoms with Crippen molar-refractivity contribution in [2.75, 3.05) is 6.54 Å². The molecule has 1 aromatic heterocycles. The van der Waals surface area contributed by atoms with Gasteiger partial charge in [0, 0.05) is 37.7 Å². The number of carbonyl (C=O) groups is 1. The van der Waals surface area contributed by atoms with Crippen molar-refractivity contribution in [1.82, 2.24) is 15.6 Å². The molecule has 10 heteroatoms. The van der Waals surface area contributed by atoms with E-state index in [4.69, 9.17) is 4.74 Å². The number of halogens is 4. The molecule has 0 saturated heterocycles. The van der Waals surface area contributed by atoms with Gasteiger partial charge in [-0.15, -0.1) is 0 Å². The molecule has 0 unspecified atom stereocenters. The Labute approximate surface area is 226 Å². The molecule has 0 bridgehead atoms. The van der Waals surface area contributed by atoms with Crippen molar-refractivity contribution in [2.24, 2.45) is 5.41 Å². The van der Waals surface area contributed by atoms with Gasteiger partial charge in [-0.05, 0) is 66.8 Å². The van der Waals surface area contributed by atoms with E-state index in [1.165, 1.54) is 13.0 Å². The first-order valence-corrected chi connectivity index (χ1v) is 13.4. The topological polar surface area (TPSA) is 83.5 Å². The Bertz CT molecular complexity index is 1190. The van der Waals surface area contributed by atoms with Crippen LogP contribution in [0.5, 0.6) is 5.88 Å². The van der Waals surface area contributed by atoms with E-state index in [0.29, 0.717) is 12.3 Å². The molecule has 1 amide bonds. The van der Waals surface area contributed by atoms with Crippen LogP contribution in [-0.2, 0) is 23.8 Å². The maximum absolute atomic E-state index is 13.8. The van der Waals surface area contributed by atoms with Crippen LogP contribution in [0.1, 0.15) is 81.7 Å². The summed E-state index contributed by atoms with van der Waals surface area (Å²) < 4.78 is 59.7. The molecule has 39 heavy (non-hydrogen) atoms. The number of hydrogen-bond donors (Lipinski definition) is 3. The zero-order valence-corrected chi connectivity index (χ0v) is 22.8. The van der Waals surface area contributed by atoms with Crippen LogP contribution in [0.15, 0.2) is 30.5 Å². The number of ether oxygens (including phenoxy) is 1. The zero-order valence-electron chi connectivity index (χ0n) is 22.8. The van der Waals surface area contributed by atoms with Crippen molar-refractivity contribution in [3.8, 4) is 5.88 Å². The first kappa shape index (κ1) is 29.3. The highest BCUT2D eigenvalue weighted by atomic mass is 19.4. The Morgan fingerprint density at radius 3 is 2.51 bits per heavy atom. The van der Waals surface area contributed by atoms with E-state index < -0.39 is 35.6 Å². The first-order chi connectivity index (χ1) is 18.1. The van der Waals surface area contributed by atoms with E-state index >= 15 is 0 Å². The van der Waals surface area contributed by atoms with Crippen LogP contribution >= 0.6 is 0 Å². The summed E-state index contributed by atoms with van der Waals surface area (Å²) >= 11 is 0. The second-order valence-electron chi connectivity index (χ2n) is 12.2. The largest absolute Gasteiger partial charge is 0.471 e. The second kappa shape index (κ2) is 11.0. The van der Waals surface area contributed by atoms with E-state index in [2.05, 4.69) is 42.5 Å². The smallest absolute Gasteiger partial charge is 0.419 e. The van der Waals surface area contributed by atoms with E-state index in [0.717, 1.165) is 48.9 Å². The third-order valence-corrected chi connectivity index (χ3v) is 7.42. The Morgan fingerprint density at radius 2 is 1.92 bits per heavy atom. The second-order valence-corrected chi connectivity index (χ2v) is 12.2. The SMILES string of the molecule is CC(=O)N[C@@H](Cc1ccc(F)c(C(F)(F)F)c1)[C@@H](O)CN[C@H]1CC2(CCC2)Oc2ncc(CC(C)(C)C)cc21. The zero-order chi connectivity index (χ0) is 28.6. The number of nitrogens with one attached hydrogen (secondary N) is 2. The molecule has 1 saturated carbocycles. The van der Waals surface area contributed by atoms with Crippen LogP contribution in [0.2, 0.25) is 0 Å². The lowest BCUT2D eigenvalue weighted by Gasteiger charge is -2.47. The summed E-state index contributed by atoms with van der Waals surface area (Å²) in [5, 5.41) is 17.1. The molecule has 2 aliphatic rings. The molecule has 1 fully saturated rings. The molecule has 0 radical (unpaired) electrons. The highest BCUT2D eigenvalue weighted by molar-refractivity contribution is 5.73. The molecule has 1 spiro atoms. The predicted octanol–water partition coefficient (Wildman–Crippen LogP) is 5.27. The third kappa shape index (κ3) is 7.28. The van der Waals surface area contributed by atoms with Gasteiger partial charge in [0.2, 0.25) is 11.8 Å². The van der Waals surface area contributed by atoms with Crippen LogP contribution in [0.25, 0.3) is 0 Å². The van der Waals surface area contributed by atoms with E-state index in [-0.39, 0.29) is 35.6 Å². The summed E-state index contributed by atoms with van der Waals surface area (Å²) in [5.74, 6) is -1.22. The summed E-state index contributed by atoms with van der Waals surface area (Å²) in [6.07, 6.45) is 0.199. The summed E-state index contributed by atoms with van der Waals surface area (Å²) in [7, 11) is 0. The molecule has 4 rings (SSSR count). The molecule has 6 nitrogen and oxygen atoms in total. The van der Waals surface area contributed by atoms with Crippen LogP contribution < -0.4 is 15.4 Å². The number of amides is 1. The standard InChI is InChI=1S/C29H37F4N3O3/c1-17(37)36-23(12-18-6-7-22(30)21(11-18)29(31,32)33)25(38)16-34-24-14-28(8-5-9-28)39-26-20(24)10-19(15-35-26)13-27(2,3)4/h6-7,10-11,15,23-25,34,38H,5,8-9,12-14,16H2,1-4H3,(H,36,37)/t23-,24-,25-/m0/s1. The molecule has 1 aliphatic carbocycles. The minimum atomic E-state index is -4.85. The Kier molecular flexibility index (Phi) is 8.28. The van der Waals surface area contributed by atoms with Gasteiger partial charge in [0.05, 0.1) is 17.7 Å². The van der Waals surface area contributed by atoms with Crippen molar-refractivity contribution in [3.63, 3.8) is 0 Å². The van der Waals surface area contributed by atoms with Crippen LogP contribution in [0, 0.1) is 11.2 Å². The lowest BCUT2D eigenvalue weighted by Crippen LogP contribution is -2.52. The van der Waals surface area contributed by atoms with Crippen molar-refractivity contribution >= 4 is 5.91 Å². The van der Waals surface area contributed by atoms with Gasteiger partial charge in [0.15, 0.2) is 0 Å². The van der Waals surface area contributed by atoms with E-state index in [1.807, 2.05) is 6.20 Å². The molecule has 3 atom stereocenters. The number of aliphatic hydroxyl groups is 1. The maximum Gasteiger partial charge on any atom is 0.419 e. The molecule has 1 aliphatic heterocycles. The molecular weight excluding hydrogens is 514 g/mol. The van der Waals surface area contributed by atoms with E-state index in [9.17, 15) is 27.5 Å². The summed E-state index contributed by atoms with van der Waals surface area (Å²) in [6.45, 7) is 7.80. The summed E-state index contributed by atoms with van der Waals surface area (Å²) in [4.78, 5) is 16.5. The highest BCUT2D eigenvalue weighted by Gasteiger charge is 2.46. The van der Waals surface area contributed by atoms with Crippen molar-refractivity contribution in [2.45, 2.75) is 96.2 Å². The van der Waals surface area contributed by atoms with Gasteiger partial charge < -0.3 is 20.5 Å². The lowest BCUT2D eigenvalue weighted by molar-refractivity contribution is -0.140. The third-order valence-electron chi connectivity index (χ3n) is 7.42. The molecular formula is C29H37F4N3O3. The van der Waals surface area contributed by atoms with Crippen LogP contribution in [-0.4, -0.2) is 40.3 Å². The maximum atomic E-state index is 13.8. The van der Waals surface area contributed by atoms with Crippen molar-refractivity contribution in [1.29, 1.82) is 0 Å². The number of rotatable bonds is 8. The Hall–Kier alpha value is -2.72. The predicted molar refractivity (Wildman–Crippen MR) is 139 cm³/mol. The minimum absolute atomic E-state index is 0.0671. The molecule has 1 aromatic carbocycles. The van der Waals surface area contributed by atoms with Gasteiger partial charge in [0.25, 0.3) is 0 Å². The number of nitrogens with zero attached hydrogens (tertiary/aromatic N) is 1.